The van der Waals surface area contributed by atoms with Crippen molar-refractivity contribution in [2.45, 2.75) is 37.9 Å². The van der Waals surface area contributed by atoms with Gasteiger partial charge in [0.25, 0.3) is 0 Å². The zero-order valence-corrected chi connectivity index (χ0v) is 18.8. The number of aliphatic carboxylic acids is 1. The molecule has 9 nitrogen and oxygen atoms in total. The van der Waals surface area contributed by atoms with Crippen molar-refractivity contribution in [2.24, 2.45) is 0 Å². The Kier molecular flexibility index (Phi) is 5.63. The van der Waals surface area contributed by atoms with Gasteiger partial charge in [-0.25, -0.2) is 9.97 Å². The Hall–Kier alpha value is -3.05. The third-order valence-corrected chi connectivity index (χ3v) is 6.09. The molecule has 0 aliphatic rings. The van der Waals surface area contributed by atoms with Crippen molar-refractivity contribution < 1.29 is 14.7 Å². The molecule has 4 rings (SSSR count). The number of hydrogen-bond acceptors (Lipinski definition) is 8. The van der Waals surface area contributed by atoms with Crippen molar-refractivity contribution in [2.75, 3.05) is 11.1 Å². The summed E-state index contributed by atoms with van der Waals surface area (Å²) in [5, 5.41) is 24.0. The first-order chi connectivity index (χ1) is 14.7. The Morgan fingerprint density at radius 1 is 1.19 bits per heavy atom. The van der Waals surface area contributed by atoms with Crippen LogP contribution in [0.4, 0.5) is 5.13 Å². The third-order valence-electron chi connectivity index (χ3n) is 4.50. The number of carbonyl (C=O) groups is 2. The number of amides is 1. The van der Waals surface area contributed by atoms with Crippen LogP contribution in [-0.2, 0) is 21.5 Å². The van der Waals surface area contributed by atoms with E-state index in [1.807, 2.05) is 29.6 Å². The monoisotopic (exact) mass is 456 g/mol. The van der Waals surface area contributed by atoms with E-state index in [-0.39, 0.29) is 23.6 Å². The van der Waals surface area contributed by atoms with Crippen molar-refractivity contribution in [1.29, 1.82) is 0 Å². The largest absolute Gasteiger partial charge is 0.480 e. The maximum atomic E-state index is 12.3. The Balaban J connectivity index is 1.52. The number of nitrogens with zero attached hydrogens (tertiary/aromatic N) is 5. The lowest BCUT2D eigenvalue weighted by Crippen LogP contribution is -2.16. The van der Waals surface area contributed by atoms with Gasteiger partial charge >= 0.3 is 5.97 Å². The van der Waals surface area contributed by atoms with Crippen LogP contribution >= 0.6 is 23.1 Å². The van der Waals surface area contributed by atoms with E-state index in [0.717, 1.165) is 28.4 Å². The third kappa shape index (κ3) is 4.52. The van der Waals surface area contributed by atoms with Crippen molar-refractivity contribution in [3.63, 3.8) is 0 Å². The zero-order chi connectivity index (χ0) is 22.2. The van der Waals surface area contributed by atoms with E-state index in [1.165, 1.54) is 11.3 Å². The van der Waals surface area contributed by atoms with E-state index < -0.39 is 5.97 Å². The first-order valence-electron chi connectivity index (χ1n) is 9.44. The number of anilines is 1. The molecule has 0 unspecified atom stereocenters. The number of carboxylic acids is 1. The fourth-order valence-electron chi connectivity index (χ4n) is 3.01. The molecule has 11 heteroatoms. The van der Waals surface area contributed by atoms with Crippen LogP contribution in [0.1, 0.15) is 26.5 Å². The lowest BCUT2D eigenvalue weighted by Gasteiger charge is -2.14. The van der Waals surface area contributed by atoms with Crippen molar-refractivity contribution in [1.82, 2.24) is 24.7 Å². The zero-order valence-electron chi connectivity index (χ0n) is 17.1. The maximum Gasteiger partial charge on any atom is 0.323 e. The number of aromatic nitrogens is 5. The molecule has 160 valence electrons. The Morgan fingerprint density at radius 3 is 2.68 bits per heavy atom. The minimum atomic E-state index is -0.979. The number of thioether (sulfide) groups is 1. The summed E-state index contributed by atoms with van der Waals surface area (Å²) < 4.78 is 1.59. The molecule has 4 aromatic rings. The molecule has 0 spiro atoms. The Bertz CT molecular complexity index is 1290. The molecule has 0 bridgehead atoms. The van der Waals surface area contributed by atoms with Crippen LogP contribution in [0.3, 0.4) is 0 Å². The summed E-state index contributed by atoms with van der Waals surface area (Å²) in [6.45, 7) is 5.95. The van der Waals surface area contributed by atoms with Gasteiger partial charge < -0.3 is 15.0 Å². The van der Waals surface area contributed by atoms with Gasteiger partial charge in [-0.05, 0) is 6.07 Å². The van der Waals surface area contributed by atoms with Crippen LogP contribution in [0.5, 0.6) is 0 Å². The highest BCUT2D eigenvalue weighted by Crippen LogP contribution is 2.28. The molecule has 0 fully saturated rings. The highest BCUT2D eigenvalue weighted by Gasteiger charge is 2.19. The van der Waals surface area contributed by atoms with E-state index in [9.17, 15) is 14.7 Å². The first-order valence-corrected chi connectivity index (χ1v) is 11.3. The molecule has 31 heavy (non-hydrogen) atoms. The standard InChI is InChI=1S/C20H20N6O3S2/c1-20(2,3)13-9-30-18(21-13)22-14(27)10-31-19-23-17-16(24-25-19)11-6-4-5-7-12(11)26(17)8-15(28)29/h4-7,9H,8,10H2,1-3H3,(H,28,29)(H,21,22,27). The SMILES string of the molecule is CC(C)(C)c1csc(NC(=O)CSc2nnc3c4ccccc4n(CC(=O)O)c3n2)n1. The maximum absolute atomic E-state index is 12.3. The Morgan fingerprint density at radius 2 is 1.97 bits per heavy atom. The molecule has 0 aliphatic carbocycles. The molecule has 0 saturated heterocycles. The number of rotatable bonds is 6. The molecule has 0 atom stereocenters. The lowest BCUT2D eigenvalue weighted by molar-refractivity contribution is -0.137. The van der Waals surface area contributed by atoms with Crippen LogP contribution < -0.4 is 5.32 Å². The molecule has 0 radical (unpaired) electrons. The number of para-hydroxylation sites is 1. The van der Waals surface area contributed by atoms with E-state index in [2.05, 4.69) is 46.3 Å². The van der Waals surface area contributed by atoms with Gasteiger partial charge in [-0.15, -0.1) is 21.5 Å². The molecular formula is C20H20N6O3S2. The number of carbonyl (C=O) groups excluding carboxylic acids is 1. The fraction of sp³-hybridized carbons (Fsp3) is 0.300. The predicted molar refractivity (Wildman–Crippen MR) is 121 cm³/mol. The normalized spacial score (nSPS) is 11.8. The van der Waals surface area contributed by atoms with Crippen LogP contribution in [0.15, 0.2) is 34.8 Å². The topological polar surface area (TPSA) is 123 Å². The van der Waals surface area contributed by atoms with Gasteiger partial charge in [0.2, 0.25) is 11.1 Å². The van der Waals surface area contributed by atoms with E-state index in [1.54, 1.807) is 4.57 Å². The van der Waals surface area contributed by atoms with Gasteiger partial charge in [-0.3, -0.25) is 9.59 Å². The van der Waals surface area contributed by atoms with Gasteiger partial charge in [0.1, 0.15) is 12.1 Å². The molecule has 2 N–H and O–H groups in total. The molecule has 1 aromatic carbocycles. The minimum Gasteiger partial charge on any atom is -0.480 e. The molecule has 3 heterocycles. The number of carboxylic acid groups (broad SMARTS) is 1. The van der Waals surface area contributed by atoms with Crippen LogP contribution in [0.25, 0.3) is 22.1 Å². The molecular weight excluding hydrogens is 436 g/mol. The van der Waals surface area contributed by atoms with Crippen molar-refractivity contribution in [3.05, 3.63) is 35.3 Å². The van der Waals surface area contributed by atoms with E-state index in [0.29, 0.717) is 21.5 Å². The summed E-state index contributed by atoms with van der Waals surface area (Å²) in [6.07, 6.45) is 0. The second-order valence-electron chi connectivity index (χ2n) is 7.89. The summed E-state index contributed by atoms with van der Waals surface area (Å²) >= 11 is 2.52. The van der Waals surface area contributed by atoms with Gasteiger partial charge in [0, 0.05) is 16.2 Å². The fourth-order valence-corrected chi connectivity index (χ4v) is 4.54. The molecule has 0 aliphatic heterocycles. The highest BCUT2D eigenvalue weighted by atomic mass is 32.2. The smallest absolute Gasteiger partial charge is 0.323 e. The quantitative estimate of drug-likeness (QED) is 0.422. The van der Waals surface area contributed by atoms with Gasteiger partial charge in [0.05, 0.1) is 17.0 Å². The van der Waals surface area contributed by atoms with E-state index >= 15 is 0 Å². The summed E-state index contributed by atoms with van der Waals surface area (Å²) in [6, 6.07) is 7.36. The van der Waals surface area contributed by atoms with Gasteiger partial charge in [-0.1, -0.05) is 50.7 Å². The molecule has 3 aromatic heterocycles. The average Bonchev–Trinajstić information content (AvgIpc) is 3.30. The molecule has 1 amide bonds. The summed E-state index contributed by atoms with van der Waals surface area (Å²) in [5.74, 6) is -1.13. The van der Waals surface area contributed by atoms with Crippen LogP contribution in [-0.4, -0.2) is 47.5 Å². The lowest BCUT2D eigenvalue weighted by atomic mass is 9.93. The number of nitrogens with one attached hydrogen (secondary N) is 1. The summed E-state index contributed by atoms with van der Waals surface area (Å²) in [5.41, 5.74) is 2.52. The summed E-state index contributed by atoms with van der Waals surface area (Å²) in [7, 11) is 0. The Labute approximate surface area is 185 Å². The summed E-state index contributed by atoms with van der Waals surface area (Å²) in [4.78, 5) is 32.6. The number of hydrogen-bond donors (Lipinski definition) is 2. The van der Waals surface area contributed by atoms with Gasteiger partial charge in [-0.2, -0.15) is 0 Å². The van der Waals surface area contributed by atoms with Crippen LogP contribution in [0, 0.1) is 0 Å². The minimum absolute atomic E-state index is 0.0801. The predicted octanol–water partition coefficient (Wildman–Crippen LogP) is 3.55. The highest BCUT2D eigenvalue weighted by molar-refractivity contribution is 7.99. The second-order valence-corrected chi connectivity index (χ2v) is 9.69. The number of benzene rings is 1. The van der Waals surface area contributed by atoms with Crippen molar-refractivity contribution >= 4 is 62.2 Å². The second kappa shape index (κ2) is 8.23. The van der Waals surface area contributed by atoms with Gasteiger partial charge in [0.15, 0.2) is 10.8 Å². The van der Waals surface area contributed by atoms with Crippen molar-refractivity contribution in [3.8, 4) is 0 Å². The average molecular weight is 457 g/mol. The number of thiazole rings is 1. The first kappa shape index (κ1) is 21.2. The van der Waals surface area contributed by atoms with Crippen LogP contribution in [0.2, 0.25) is 0 Å². The molecule has 0 saturated carbocycles. The van der Waals surface area contributed by atoms with E-state index in [4.69, 9.17) is 0 Å². The number of fused-ring (bicyclic) bond motifs is 3.